The standard InChI is InChI=1S/C30H49BrO2/c1-19(2)8-7-9-20(3)25-12-13-26-24-11-10-22-18-23(33-28(32)21(4)31)14-16-29(22,5)27(24)15-17-30(25,26)6/h10,19-21,23-27H,7-9,11-18H2,1-6H3/t20-,21+,23-,24-,25+,26-,27-,29-,30+/m0/s1. The Bertz CT molecular complexity index is 742. The van der Waals surface area contributed by atoms with E-state index >= 15 is 0 Å². The molecule has 4 aliphatic carbocycles. The molecule has 3 saturated carbocycles. The van der Waals surface area contributed by atoms with Crippen LogP contribution in [0.2, 0.25) is 0 Å². The molecule has 3 heteroatoms. The predicted molar refractivity (Wildman–Crippen MR) is 141 cm³/mol. The highest BCUT2D eigenvalue weighted by Gasteiger charge is 2.59. The summed E-state index contributed by atoms with van der Waals surface area (Å²) in [6.45, 7) is 14.4. The summed E-state index contributed by atoms with van der Waals surface area (Å²) in [5, 5.41) is 0. The van der Waals surface area contributed by atoms with Gasteiger partial charge in [-0.05, 0) is 98.2 Å². The average molecular weight is 522 g/mol. The Morgan fingerprint density at radius 3 is 2.52 bits per heavy atom. The summed E-state index contributed by atoms with van der Waals surface area (Å²) in [6.07, 6.45) is 17.1. The smallest absolute Gasteiger partial charge is 0.319 e. The van der Waals surface area contributed by atoms with Gasteiger partial charge in [0.1, 0.15) is 10.9 Å². The first kappa shape index (κ1) is 25.8. The lowest BCUT2D eigenvalue weighted by atomic mass is 9.47. The zero-order valence-corrected chi connectivity index (χ0v) is 23.8. The van der Waals surface area contributed by atoms with Gasteiger partial charge in [-0.3, -0.25) is 4.79 Å². The third kappa shape index (κ3) is 4.88. The maximum Gasteiger partial charge on any atom is 0.319 e. The van der Waals surface area contributed by atoms with E-state index in [9.17, 15) is 4.79 Å². The summed E-state index contributed by atoms with van der Waals surface area (Å²) in [7, 11) is 0. The van der Waals surface area contributed by atoms with Crippen LogP contribution in [-0.2, 0) is 9.53 Å². The Kier molecular flexibility index (Phi) is 7.79. The molecule has 4 rings (SSSR count). The fourth-order valence-corrected chi connectivity index (χ4v) is 9.12. The second kappa shape index (κ2) is 9.98. The highest BCUT2D eigenvalue weighted by atomic mass is 79.9. The molecule has 2 nitrogen and oxygen atoms in total. The van der Waals surface area contributed by atoms with Crippen molar-refractivity contribution in [2.45, 2.75) is 123 Å². The van der Waals surface area contributed by atoms with E-state index in [0.29, 0.717) is 10.8 Å². The molecule has 188 valence electrons. The second-order valence-corrected chi connectivity index (χ2v) is 14.6. The number of esters is 1. The number of alkyl halides is 1. The number of hydrogen-bond donors (Lipinski definition) is 0. The van der Waals surface area contributed by atoms with Gasteiger partial charge >= 0.3 is 5.97 Å². The summed E-state index contributed by atoms with van der Waals surface area (Å²) in [5.41, 5.74) is 2.49. The van der Waals surface area contributed by atoms with E-state index < -0.39 is 0 Å². The molecule has 0 bridgehead atoms. The van der Waals surface area contributed by atoms with Crippen molar-refractivity contribution in [1.29, 1.82) is 0 Å². The Balaban J connectivity index is 1.45. The molecule has 33 heavy (non-hydrogen) atoms. The number of hydrogen-bond acceptors (Lipinski definition) is 2. The number of rotatable bonds is 7. The number of allylic oxidation sites excluding steroid dienone is 1. The van der Waals surface area contributed by atoms with E-state index in [-0.39, 0.29) is 16.9 Å². The van der Waals surface area contributed by atoms with E-state index in [2.05, 4.69) is 56.6 Å². The first-order valence-electron chi connectivity index (χ1n) is 14.1. The number of carbonyl (C=O) groups is 1. The maximum atomic E-state index is 12.1. The van der Waals surface area contributed by atoms with Crippen LogP contribution in [-0.4, -0.2) is 16.9 Å². The molecule has 0 heterocycles. The van der Waals surface area contributed by atoms with Crippen LogP contribution in [0.4, 0.5) is 0 Å². The molecule has 0 aromatic heterocycles. The van der Waals surface area contributed by atoms with Gasteiger partial charge < -0.3 is 4.74 Å². The van der Waals surface area contributed by atoms with Crippen molar-refractivity contribution in [3.63, 3.8) is 0 Å². The normalized spacial score (nSPS) is 42.1. The predicted octanol–water partition coefficient (Wildman–Crippen LogP) is 8.72. The summed E-state index contributed by atoms with van der Waals surface area (Å²) in [5.74, 6) is 5.14. The maximum absolute atomic E-state index is 12.1. The van der Waals surface area contributed by atoms with Crippen molar-refractivity contribution in [3.05, 3.63) is 11.6 Å². The molecule has 0 amide bonds. The molecule has 0 aromatic rings. The summed E-state index contributed by atoms with van der Waals surface area (Å²) < 4.78 is 5.83. The van der Waals surface area contributed by atoms with E-state index in [1.54, 1.807) is 5.57 Å². The molecule has 0 saturated heterocycles. The number of ether oxygens (including phenoxy) is 1. The van der Waals surface area contributed by atoms with Crippen LogP contribution >= 0.6 is 15.9 Å². The van der Waals surface area contributed by atoms with E-state index in [1.807, 2.05) is 6.92 Å². The van der Waals surface area contributed by atoms with Gasteiger partial charge in [-0.15, -0.1) is 0 Å². The van der Waals surface area contributed by atoms with Crippen molar-refractivity contribution in [2.24, 2.45) is 46.3 Å². The van der Waals surface area contributed by atoms with Gasteiger partial charge in [0, 0.05) is 6.42 Å². The lowest BCUT2D eigenvalue weighted by Crippen LogP contribution is -2.51. The fraction of sp³-hybridized carbons (Fsp3) is 0.900. The first-order chi connectivity index (χ1) is 15.6. The number of carbonyl (C=O) groups excluding carboxylic acids is 1. The van der Waals surface area contributed by atoms with Gasteiger partial charge in [-0.2, -0.15) is 0 Å². The van der Waals surface area contributed by atoms with Crippen molar-refractivity contribution in [2.75, 3.05) is 0 Å². The quantitative estimate of drug-likeness (QED) is 0.190. The molecule has 4 aliphatic rings. The first-order valence-corrected chi connectivity index (χ1v) is 15.0. The van der Waals surface area contributed by atoms with Crippen LogP contribution in [0.3, 0.4) is 0 Å². The third-order valence-electron chi connectivity index (χ3n) is 10.9. The van der Waals surface area contributed by atoms with E-state index in [1.165, 1.54) is 57.8 Å². The Hall–Kier alpha value is -0.310. The molecule has 9 atom stereocenters. The Labute approximate surface area is 212 Å². The van der Waals surface area contributed by atoms with Crippen LogP contribution in [0.5, 0.6) is 0 Å². The topological polar surface area (TPSA) is 26.3 Å². The van der Waals surface area contributed by atoms with E-state index in [4.69, 9.17) is 4.74 Å². The van der Waals surface area contributed by atoms with Gasteiger partial charge in [0.05, 0.1) is 0 Å². The van der Waals surface area contributed by atoms with Crippen LogP contribution in [0.1, 0.15) is 112 Å². The van der Waals surface area contributed by atoms with Crippen LogP contribution in [0.25, 0.3) is 0 Å². The molecular formula is C30H49BrO2. The number of fused-ring (bicyclic) bond motifs is 5. The minimum absolute atomic E-state index is 0.0739. The highest BCUT2D eigenvalue weighted by Crippen LogP contribution is 2.67. The van der Waals surface area contributed by atoms with Crippen LogP contribution < -0.4 is 0 Å². The second-order valence-electron chi connectivity index (χ2n) is 13.2. The summed E-state index contributed by atoms with van der Waals surface area (Å²) in [4.78, 5) is 11.9. The molecule has 0 aliphatic heterocycles. The SMILES string of the molecule is CC(C)CCC[C@H](C)[C@H]1CC[C@H]2[C@@H]3CC=C4C[C@@H](OC(=O)[C@@H](C)Br)CC[C@]4(C)[C@H]3CC[C@]12C. The minimum Gasteiger partial charge on any atom is -0.461 e. The summed E-state index contributed by atoms with van der Waals surface area (Å²) in [6, 6.07) is 0. The molecule has 0 unspecified atom stereocenters. The number of halogens is 1. The molecule has 0 N–H and O–H groups in total. The van der Waals surface area contributed by atoms with Crippen molar-refractivity contribution in [3.8, 4) is 0 Å². The highest BCUT2D eigenvalue weighted by molar-refractivity contribution is 9.10. The third-order valence-corrected chi connectivity index (χ3v) is 11.2. The van der Waals surface area contributed by atoms with Crippen molar-refractivity contribution >= 4 is 21.9 Å². The summed E-state index contributed by atoms with van der Waals surface area (Å²) >= 11 is 3.37. The largest absolute Gasteiger partial charge is 0.461 e. The van der Waals surface area contributed by atoms with Gasteiger partial charge in [0.2, 0.25) is 0 Å². The monoisotopic (exact) mass is 520 g/mol. The average Bonchev–Trinajstić information content (AvgIpc) is 3.11. The Morgan fingerprint density at radius 1 is 1.06 bits per heavy atom. The fourth-order valence-electron chi connectivity index (χ4n) is 9.01. The minimum atomic E-state index is -0.213. The van der Waals surface area contributed by atoms with Crippen molar-refractivity contribution < 1.29 is 9.53 Å². The molecule has 0 radical (unpaired) electrons. The molecule has 0 aromatic carbocycles. The Morgan fingerprint density at radius 2 is 1.82 bits per heavy atom. The molecule has 3 fully saturated rings. The van der Waals surface area contributed by atoms with E-state index in [0.717, 1.165) is 48.3 Å². The zero-order valence-electron chi connectivity index (χ0n) is 22.2. The molecule has 0 spiro atoms. The lowest BCUT2D eigenvalue weighted by Gasteiger charge is -2.58. The van der Waals surface area contributed by atoms with Gasteiger partial charge in [0.15, 0.2) is 0 Å². The van der Waals surface area contributed by atoms with Gasteiger partial charge in [0.25, 0.3) is 0 Å². The van der Waals surface area contributed by atoms with Gasteiger partial charge in [-0.1, -0.05) is 81.5 Å². The van der Waals surface area contributed by atoms with Crippen LogP contribution in [0, 0.1) is 46.3 Å². The van der Waals surface area contributed by atoms with Gasteiger partial charge in [-0.25, -0.2) is 0 Å². The van der Waals surface area contributed by atoms with Crippen LogP contribution in [0.15, 0.2) is 11.6 Å². The zero-order chi connectivity index (χ0) is 24.0. The van der Waals surface area contributed by atoms with Crippen molar-refractivity contribution in [1.82, 2.24) is 0 Å². The lowest BCUT2D eigenvalue weighted by molar-refractivity contribution is -0.150. The molecular weight excluding hydrogens is 472 g/mol.